The molecule has 1 aliphatic rings. The van der Waals surface area contributed by atoms with Gasteiger partial charge in [0.05, 0.1) is 0 Å². The van der Waals surface area contributed by atoms with Crippen molar-refractivity contribution in [1.82, 2.24) is 0 Å². The molecular formula is C10H24. The molecule has 0 aromatic rings. The fraction of sp³-hybridized carbons (Fsp3) is 1.00. The van der Waals surface area contributed by atoms with Crippen LogP contribution >= 0.6 is 0 Å². The van der Waals surface area contributed by atoms with E-state index in [1.807, 2.05) is 0 Å². The van der Waals surface area contributed by atoms with E-state index >= 15 is 0 Å². The predicted molar refractivity (Wildman–Crippen MR) is 50.4 cm³/mol. The van der Waals surface area contributed by atoms with Gasteiger partial charge in [-0.3, -0.25) is 0 Å². The lowest BCUT2D eigenvalue weighted by atomic mass is 10.0. The van der Waals surface area contributed by atoms with Crippen LogP contribution in [0.15, 0.2) is 0 Å². The molecule has 0 nitrogen and oxygen atoms in total. The van der Waals surface area contributed by atoms with Gasteiger partial charge in [0.25, 0.3) is 0 Å². The highest BCUT2D eigenvalue weighted by atomic mass is 14.0. The molecule has 0 heterocycles. The van der Waals surface area contributed by atoms with E-state index in [0.717, 1.165) is 0 Å². The van der Waals surface area contributed by atoms with Crippen LogP contribution in [0.4, 0.5) is 0 Å². The Labute approximate surface area is 67.0 Å². The normalized spacial score (nSPS) is 19.2. The molecule has 0 unspecified atom stereocenters. The third-order valence-corrected chi connectivity index (χ3v) is 2.00. The molecule has 0 aliphatic heterocycles. The zero-order chi connectivity index (χ0) is 5.66. The lowest BCUT2D eigenvalue weighted by Crippen LogP contribution is -1.85. The van der Waals surface area contributed by atoms with E-state index in [1.165, 1.54) is 51.4 Å². The van der Waals surface area contributed by atoms with Gasteiger partial charge in [-0.15, -0.1) is 0 Å². The molecular weight excluding hydrogens is 120 g/mol. The van der Waals surface area contributed by atoms with E-state index in [0.29, 0.717) is 0 Å². The highest BCUT2D eigenvalue weighted by molar-refractivity contribution is 4.51. The zero-order valence-electron chi connectivity index (χ0n) is 5.66. The molecule has 0 saturated heterocycles. The van der Waals surface area contributed by atoms with Crippen LogP contribution in [0.1, 0.15) is 66.2 Å². The molecule has 0 heteroatoms. The largest absolute Gasteiger partial charge is 0.0776 e. The summed E-state index contributed by atoms with van der Waals surface area (Å²) in [5.74, 6) is 0. The molecule has 1 fully saturated rings. The minimum Gasteiger partial charge on any atom is -0.0776 e. The van der Waals surface area contributed by atoms with Crippen LogP contribution in [-0.4, -0.2) is 0 Å². The van der Waals surface area contributed by atoms with Gasteiger partial charge < -0.3 is 0 Å². The molecule has 64 valence electrons. The minimum absolute atomic E-state index is 0. The lowest BCUT2D eigenvalue weighted by molar-refractivity contribution is 0.504. The van der Waals surface area contributed by atoms with Crippen LogP contribution in [0.2, 0.25) is 0 Å². The van der Waals surface area contributed by atoms with Crippen molar-refractivity contribution in [3.63, 3.8) is 0 Å². The molecule has 0 atom stereocenters. The Bertz CT molecular complexity index is 24.0. The first-order chi connectivity index (χ1) is 4.00. The summed E-state index contributed by atoms with van der Waals surface area (Å²) in [5.41, 5.74) is 0. The number of hydrogen-bond donors (Lipinski definition) is 0. The second kappa shape index (κ2) is 9.00. The Balaban J connectivity index is 0. The smallest absolute Gasteiger partial charge is 0.0533 e. The van der Waals surface area contributed by atoms with Crippen LogP contribution in [0.3, 0.4) is 0 Å². The molecule has 0 aromatic heterocycles. The van der Waals surface area contributed by atoms with Crippen molar-refractivity contribution in [3.05, 3.63) is 0 Å². The number of rotatable bonds is 0. The molecule has 0 bridgehead atoms. The van der Waals surface area contributed by atoms with Crippen molar-refractivity contribution in [2.75, 3.05) is 0 Å². The summed E-state index contributed by atoms with van der Waals surface area (Å²) in [4.78, 5) is 0. The summed E-state index contributed by atoms with van der Waals surface area (Å²) in [6.45, 7) is 0. The Morgan fingerprint density at radius 3 is 0.500 bits per heavy atom. The summed E-state index contributed by atoms with van der Waals surface area (Å²) >= 11 is 0. The van der Waals surface area contributed by atoms with E-state index in [2.05, 4.69) is 0 Å². The second-order valence-corrected chi connectivity index (χ2v) is 2.83. The highest BCUT2D eigenvalue weighted by Gasteiger charge is 1.95. The Hall–Kier alpha value is 0. The van der Waals surface area contributed by atoms with Gasteiger partial charge in [-0.05, 0) is 0 Å². The standard InChI is InChI=1S/C8H16.2CH4/c1-2-4-6-8-7-5-3-1;;/h1-8H2;2*1H4. The van der Waals surface area contributed by atoms with Gasteiger partial charge in [0.15, 0.2) is 0 Å². The zero-order valence-corrected chi connectivity index (χ0v) is 5.66. The first-order valence-electron chi connectivity index (χ1n) is 4.00. The summed E-state index contributed by atoms with van der Waals surface area (Å²) in [6.07, 6.45) is 12.0. The van der Waals surface area contributed by atoms with Crippen molar-refractivity contribution >= 4 is 0 Å². The molecule has 0 N–H and O–H groups in total. The van der Waals surface area contributed by atoms with E-state index in [-0.39, 0.29) is 14.9 Å². The monoisotopic (exact) mass is 144 g/mol. The molecule has 0 spiro atoms. The maximum atomic E-state index is 1.50. The van der Waals surface area contributed by atoms with Gasteiger partial charge >= 0.3 is 0 Å². The van der Waals surface area contributed by atoms with E-state index in [1.54, 1.807) is 0 Å². The third-order valence-electron chi connectivity index (χ3n) is 2.00. The second-order valence-electron chi connectivity index (χ2n) is 2.83. The summed E-state index contributed by atoms with van der Waals surface area (Å²) in [5, 5.41) is 0. The first-order valence-corrected chi connectivity index (χ1v) is 4.00. The van der Waals surface area contributed by atoms with Gasteiger partial charge in [-0.25, -0.2) is 0 Å². The average Bonchev–Trinajstić information content (AvgIpc) is 1.62. The maximum absolute atomic E-state index is 1.50. The number of hydrogen-bond acceptors (Lipinski definition) is 0. The molecule has 1 aliphatic carbocycles. The molecule has 0 radical (unpaired) electrons. The van der Waals surface area contributed by atoms with E-state index in [4.69, 9.17) is 0 Å². The van der Waals surface area contributed by atoms with E-state index < -0.39 is 0 Å². The van der Waals surface area contributed by atoms with Crippen LogP contribution in [0.25, 0.3) is 0 Å². The quantitative estimate of drug-likeness (QED) is 0.473. The molecule has 0 aromatic carbocycles. The Morgan fingerprint density at radius 2 is 0.400 bits per heavy atom. The van der Waals surface area contributed by atoms with Gasteiger partial charge in [-0.1, -0.05) is 66.2 Å². The lowest BCUT2D eigenvalue weighted by Gasteiger charge is -2.05. The molecule has 1 saturated carbocycles. The predicted octanol–water partition coefficient (Wildman–Crippen LogP) is 4.39. The van der Waals surface area contributed by atoms with Gasteiger partial charge in [0, 0.05) is 0 Å². The van der Waals surface area contributed by atoms with Crippen molar-refractivity contribution < 1.29 is 0 Å². The summed E-state index contributed by atoms with van der Waals surface area (Å²) in [6, 6.07) is 0. The first kappa shape index (κ1) is 12.7. The van der Waals surface area contributed by atoms with Crippen LogP contribution in [0.5, 0.6) is 0 Å². The highest BCUT2D eigenvalue weighted by Crippen LogP contribution is 2.15. The van der Waals surface area contributed by atoms with Gasteiger partial charge in [-0.2, -0.15) is 0 Å². The third kappa shape index (κ3) is 6.12. The molecule has 0 amide bonds. The summed E-state index contributed by atoms with van der Waals surface area (Å²) in [7, 11) is 0. The van der Waals surface area contributed by atoms with Gasteiger partial charge in [0.1, 0.15) is 0 Å². The fourth-order valence-electron chi connectivity index (χ4n) is 1.41. The Kier molecular flexibility index (Phi) is 11.4. The SMILES string of the molecule is C.C.C1CCCCCCC1. The maximum Gasteiger partial charge on any atom is -0.0533 e. The molecule has 10 heavy (non-hydrogen) atoms. The Morgan fingerprint density at radius 1 is 0.300 bits per heavy atom. The van der Waals surface area contributed by atoms with Crippen molar-refractivity contribution in [2.24, 2.45) is 0 Å². The van der Waals surface area contributed by atoms with Crippen LogP contribution < -0.4 is 0 Å². The van der Waals surface area contributed by atoms with E-state index in [9.17, 15) is 0 Å². The topological polar surface area (TPSA) is 0 Å². The van der Waals surface area contributed by atoms with Crippen molar-refractivity contribution in [1.29, 1.82) is 0 Å². The van der Waals surface area contributed by atoms with Crippen LogP contribution in [0, 0.1) is 0 Å². The fourth-order valence-corrected chi connectivity index (χ4v) is 1.41. The van der Waals surface area contributed by atoms with Crippen molar-refractivity contribution in [3.8, 4) is 0 Å². The van der Waals surface area contributed by atoms with Crippen molar-refractivity contribution in [2.45, 2.75) is 66.2 Å². The summed E-state index contributed by atoms with van der Waals surface area (Å²) < 4.78 is 0. The molecule has 1 rings (SSSR count). The average molecular weight is 144 g/mol. The van der Waals surface area contributed by atoms with Crippen LogP contribution in [-0.2, 0) is 0 Å². The van der Waals surface area contributed by atoms with Gasteiger partial charge in [0.2, 0.25) is 0 Å². The minimum atomic E-state index is 0.